The lowest BCUT2D eigenvalue weighted by Gasteiger charge is -2.29. The third kappa shape index (κ3) is 4.86. The molecule has 1 aliphatic rings. The first-order valence-corrected chi connectivity index (χ1v) is 12.1. The van der Waals surface area contributed by atoms with E-state index in [1.165, 1.54) is 11.8 Å². The van der Waals surface area contributed by atoms with Crippen molar-refractivity contribution in [3.63, 3.8) is 0 Å². The van der Waals surface area contributed by atoms with E-state index in [0.29, 0.717) is 23.9 Å². The van der Waals surface area contributed by atoms with Gasteiger partial charge in [0, 0.05) is 12.6 Å². The van der Waals surface area contributed by atoms with Crippen molar-refractivity contribution in [2.75, 3.05) is 23.8 Å². The quantitative estimate of drug-likeness (QED) is 0.699. The van der Waals surface area contributed by atoms with E-state index in [2.05, 4.69) is 15.2 Å². The molecule has 7 nitrogen and oxygen atoms in total. The Morgan fingerprint density at radius 3 is 2.92 bits per heavy atom. The highest BCUT2D eigenvalue weighted by Crippen LogP contribution is 2.24. The fraction of sp³-hybridized carbons (Fsp3) is 0.562. The van der Waals surface area contributed by atoms with E-state index in [4.69, 9.17) is 0 Å². The molecule has 1 N–H and O–H groups in total. The first-order chi connectivity index (χ1) is 12.3. The van der Waals surface area contributed by atoms with Gasteiger partial charge in [-0.1, -0.05) is 31.7 Å². The number of aromatic nitrogens is 3. The Hall–Kier alpha value is -1.39. The number of H-pyrrole nitrogens is 1. The minimum absolute atomic E-state index is 0.0618. The number of carbonyl (C=O) groups is 1. The monoisotopic (exact) mass is 414 g/mol. The zero-order chi connectivity index (χ0) is 18.7. The van der Waals surface area contributed by atoms with E-state index < -0.39 is 9.84 Å². The minimum atomic E-state index is -3.03. The summed E-state index contributed by atoms with van der Waals surface area (Å²) in [7, 11) is -3.03. The summed E-state index contributed by atoms with van der Waals surface area (Å²) in [4.78, 5) is 19.9. The summed E-state index contributed by atoms with van der Waals surface area (Å²) in [6.07, 6.45) is 0.522. The third-order valence-electron chi connectivity index (χ3n) is 4.08. The topological polar surface area (TPSA) is 96.0 Å². The summed E-state index contributed by atoms with van der Waals surface area (Å²) in [5.41, 5.74) is 0. The summed E-state index contributed by atoms with van der Waals surface area (Å²) in [5, 5.41) is 9.52. The minimum Gasteiger partial charge on any atom is -0.338 e. The van der Waals surface area contributed by atoms with Crippen molar-refractivity contribution in [3.05, 3.63) is 17.5 Å². The molecule has 0 aromatic carbocycles. The van der Waals surface area contributed by atoms with E-state index in [9.17, 15) is 13.2 Å². The van der Waals surface area contributed by atoms with Crippen LogP contribution < -0.4 is 0 Å². The first kappa shape index (κ1) is 19.4. The van der Waals surface area contributed by atoms with Crippen LogP contribution in [-0.2, 0) is 14.6 Å². The van der Waals surface area contributed by atoms with Gasteiger partial charge in [0.05, 0.1) is 22.1 Å². The van der Waals surface area contributed by atoms with Crippen molar-refractivity contribution < 1.29 is 13.2 Å². The average Bonchev–Trinajstić information content (AvgIpc) is 3.30. The van der Waals surface area contributed by atoms with Crippen LogP contribution in [0, 0.1) is 5.92 Å². The van der Waals surface area contributed by atoms with Gasteiger partial charge < -0.3 is 4.90 Å². The van der Waals surface area contributed by atoms with Gasteiger partial charge in [-0.15, -0.1) is 16.4 Å². The summed E-state index contributed by atoms with van der Waals surface area (Å²) < 4.78 is 23.6. The lowest BCUT2D eigenvalue weighted by Crippen LogP contribution is -2.44. The number of thiophene rings is 1. The van der Waals surface area contributed by atoms with Gasteiger partial charge in [0.2, 0.25) is 11.1 Å². The zero-order valence-corrected chi connectivity index (χ0v) is 17.2. The van der Waals surface area contributed by atoms with Gasteiger partial charge in [-0.05, 0) is 23.8 Å². The van der Waals surface area contributed by atoms with E-state index in [1.807, 2.05) is 31.4 Å². The van der Waals surface area contributed by atoms with Gasteiger partial charge in [-0.2, -0.15) is 0 Å². The van der Waals surface area contributed by atoms with Crippen molar-refractivity contribution in [2.45, 2.75) is 31.5 Å². The summed E-state index contributed by atoms with van der Waals surface area (Å²) in [5.74, 6) is 1.34. The molecule has 0 unspecified atom stereocenters. The second kappa shape index (κ2) is 8.10. The molecule has 1 fully saturated rings. The standard InChI is InChI=1S/C16H22N4O3S3/c1-11(2)8-20(12-5-7-26(22,23)10-12)14(21)9-25-16-17-15(18-19-16)13-4-3-6-24-13/h3-4,6,11-12H,5,7-10H2,1-2H3,(H,17,18,19)/t12-/m0/s1. The maximum absolute atomic E-state index is 12.7. The van der Waals surface area contributed by atoms with Crippen LogP contribution in [-0.4, -0.2) is 64.3 Å². The van der Waals surface area contributed by atoms with Crippen LogP contribution in [0.3, 0.4) is 0 Å². The summed E-state index contributed by atoms with van der Waals surface area (Å²) in [6.45, 7) is 4.62. The van der Waals surface area contributed by atoms with Crippen molar-refractivity contribution in [2.24, 2.45) is 5.92 Å². The second-order valence-corrected chi connectivity index (χ2v) is 10.8. The van der Waals surface area contributed by atoms with Crippen LogP contribution in [0.1, 0.15) is 20.3 Å². The Morgan fingerprint density at radius 1 is 1.50 bits per heavy atom. The van der Waals surface area contributed by atoms with E-state index >= 15 is 0 Å². The van der Waals surface area contributed by atoms with Crippen molar-refractivity contribution in [1.82, 2.24) is 20.1 Å². The molecule has 0 saturated carbocycles. The predicted molar refractivity (Wildman–Crippen MR) is 104 cm³/mol. The number of rotatable bonds is 7. The molecule has 10 heteroatoms. The van der Waals surface area contributed by atoms with Gasteiger partial charge in [-0.25, -0.2) is 13.4 Å². The Bertz CT molecular complexity index is 846. The Kier molecular flexibility index (Phi) is 6.03. The molecule has 0 bridgehead atoms. The molecule has 0 aliphatic carbocycles. The highest BCUT2D eigenvalue weighted by atomic mass is 32.2. The molecular formula is C16H22N4O3S3. The number of sulfone groups is 1. The molecule has 0 radical (unpaired) electrons. The molecule has 142 valence electrons. The number of nitrogens with zero attached hydrogens (tertiary/aromatic N) is 3. The van der Waals surface area contributed by atoms with Crippen LogP contribution >= 0.6 is 23.1 Å². The maximum atomic E-state index is 12.7. The molecule has 26 heavy (non-hydrogen) atoms. The SMILES string of the molecule is CC(C)CN(C(=O)CSc1n[nH]c(-c2cccs2)n1)[C@H]1CCS(=O)(=O)C1. The molecule has 2 aromatic rings. The number of nitrogens with one attached hydrogen (secondary N) is 1. The molecule has 0 spiro atoms. The highest BCUT2D eigenvalue weighted by molar-refractivity contribution is 7.99. The van der Waals surface area contributed by atoms with Crippen LogP contribution in [0.5, 0.6) is 0 Å². The summed E-state index contributed by atoms with van der Waals surface area (Å²) >= 11 is 2.84. The number of carbonyl (C=O) groups excluding carboxylic acids is 1. The lowest BCUT2D eigenvalue weighted by molar-refractivity contribution is -0.130. The average molecular weight is 415 g/mol. The fourth-order valence-corrected chi connectivity index (χ4v) is 5.99. The van der Waals surface area contributed by atoms with Gasteiger partial charge in [0.25, 0.3) is 0 Å². The van der Waals surface area contributed by atoms with Crippen LogP contribution in [0.25, 0.3) is 10.7 Å². The predicted octanol–water partition coefficient (Wildman–Crippen LogP) is 2.30. The number of thioether (sulfide) groups is 1. The largest absolute Gasteiger partial charge is 0.338 e. The van der Waals surface area contributed by atoms with E-state index in [-0.39, 0.29) is 35.1 Å². The van der Waals surface area contributed by atoms with Gasteiger partial charge in [-0.3, -0.25) is 9.89 Å². The first-order valence-electron chi connectivity index (χ1n) is 8.43. The normalized spacial score (nSPS) is 19.1. The highest BCUT2D eigenvalue weighted by Gasteiger charge is 2.34. The van der Waals surface area contributed by atoms with E-state index in [0.717, 1.165) is 4.88 Å². The third-order valence-corrected chi connectivity index (χ3v) is 7.53. The molecule has 3 heterocycles. The van der Waals surface area contributed by atoms with E-state index in [1.54, 1.807) is 16.2 Å². The number of hydrogen-bond donors (Lipinski definition) is 1. The van der Waals surface area contributed by atoms with Crippen molar-refractivity contribution in [3.8, 4) is 10.7 Å². The smallest absolute Gasteiger partial charge is 0.233 e. The van der Waals surface area contributed by atoms with Gasteiger partial charge >= 0.3 is 0 Å². The number of hydrogen-bond acceptors (Lipinski definition) is 7. The van der Waals surface area contributed by atoms with Crippen LogP contribution in [0.4, 0.5) is 0 Å². The molecule has 1 amide bonds. The Labute approximate surface area is 161 Å². The molecule has 1 aliphatic heterocycles. The second-order valence-electron chi connectivity index (χ2n) is 6.73. The maximum Gasteiger partial charge on any atom is 0.233 e. The number of aromatic amines is 1. The van der Waals surface area contributed by atoms with Crippen LogP contribution in [0.15, 0.2) is 22.7 Å². The van der Waals surface area contributed by atoms with Crippen molar-refractivity contribution >= 4 is 38.8 Å². The zero-order valence-electron chi connectivity index (χ0n) is 14.7. The fourth-order valence-electron chi connectivity index (χ4n) is 2.91. The lowest BCUT2D eigenvalue weighted by atomic mass is 10.1. The molecule has 2 aromatic heterocycles. The molecule has 3 rings (SSSR count). The molecule has 1 saturated heterocycles. The van der Waals surface area contributed by atoms with Gasteiger partial charge in [0.1, 0.15) is 0 Å². The number of amides is 1. The Morgan fingerprint density at radius 2 is 2.31 bits per heavy atom. The van der Waals surface area contributed by atoms with Crippen molar-refractivity contribution in [1.29, 1.82) is 0 Å². The Balaban J connectivity index is 1.62. The summed E-state index contributed by atoms with van der Waals surface area (Å²) in [6, 6.07) is 3.68. The van der Waals surface area contributed by atoms with Gasteiger partial charge in [0.15, 0.2) is 15.7 Å². The molecular weight excluding hydrogens is 392 g/mol. The van der Waals surface area contributed by atoms with Crippen LogP contribution in [0.2, 0.25) is 0 Å². The molecule has 1 atom stereocenters.